The smallest absolute Gasteiger partial charge is 0.263 e. The lowest BCUT2D eigenvalue weighted by molar-refractivity contribution is 0.544. The van der Waals surface area contributed by atoms with E-state index in [1.54, 1.807) is 38.1 Å². The molecule has 0 spiro atoms. The van der Waals surface area contributed by atoms with E-state index >= 15 is 0 Å². The number of rotatable bonds is 5. The predicted molar refractivity (Wildman–Crippen MR) is 124 cm³/mol. The fourth-order valence-corrected chi connectivity index (χ4v) is 5.15. The molecule has 164 valence electrons. The largest absolute Gasteiger partial charge is 0.309 e. The first-order valence-corrected chi connectivity index (χ1v) is 11.8. The van der Waals surface area contributed by atoms with Gasteiger partial charge >= 0.3 is 6.08 Å². The maximum Gasteiger partial charge on any atom is 0.309 e. The number of hydrogen-bond acceptors (Lipinski definition) is 5. The first-order chi connectivity index (χ1) is 15.2. The zero-order valence-corrected chi connectivity index (χ0v) is 19.2. The quantitative estimate of drug-likeness (QED) is 0.391. The molecule has 4 rings (SSSR count). The third-order valence-electron chi connectivity index (χ3n) is 5.20. The van der Waals surface area contributed by atoms with Crippen molar-refractivity contribution in [2.45, 2.75) is 32.1 Å². The summed E-state index contributed by atoms with van der Waals surface area (Å²) in [6.07, 6.45) is 1.36. The lowest BCUT2D eigenvalue weighted by Crippen LogP contribution is -2.15. The van der Waals surface area contributed by atoms with Crippen LogP contribution in [0.1, 0.15) is 23.7 Å². The van der Waals surface area contributed by atoms with Crippen LogP contribution >= 0.6 is 11.6 Å². The number of aromatic nitrogens is 3. The van der Waals surface area contributed by atoms with Gasteiger partial charge in [-0.3, -0.25) is 4.72 Å². The lowest BCUT2D eigenvalue weighted by Gasteiger charge is -2.13. The van der Waals surface area contributed by atoms with Crippen LogP contribution in [-0.2, 0) is 16.4 Å². The number of nitrogens with one attached hydrogen (secondary N) is 1. The lowest BCUT2D eigenvalue weighted by atomic mass is 9.98. The second-order valence-corrected chi connectivity index (χ2v) is 9.42. The fourth-order valence-electron chi connectivity index (χ4n) is 3.57. The van der Waals surface area contributed by atoms with E-state index in [0.717, 1.165) is 22.1 Å². The van der Waals surface area contributed by atoms with Crippen molar-refractivity contribution >= 4 is 38.3 Å². The van der Waals surface area contributed by atoms with Gasteiger partial charge in [-0.05, 0) is 67.3 Å². The van der Waals surface area contributed by atoms with E-state index < -0.39 is 16.1 Å². The van der Waals surface area contributed by atoms with E-state index in [1.165, 1.54) is 12.3 Å². The highest BCUT2D eigenvalue weighted by molar-refractivity contribution is 7.92. The van der Waals surface area contributed by atoms with Crippen molar-refractivity contribution in [1.82, 2.24) is 15.0 Å². The molecule has 2 aromatic heterocycles. The van der Waals surface area contributed by atoms with E-state index in [0.29, 0.717) is 23.2 Å². The molecule has 0 fully saturated rings. The fraction of sp³-hybridized carbons (Fsp3) is 0.174. The third-order valence-corrected chi connectivity index (χ3v) is 7.21. The summed E-state index contributed by atoms with van der Waals surface area (Å²) in [6, 6.07) is 12.0. The molecule has 0 unspecified atom stereocenters. The first-order valence-electron chi connectivity index (χ1n) is 9.90. The summed E-state index contributed by atoms with van der Waals surface area (Å²) in [6.45, 7) is 5.51. The molecule has 0 radical (unpaired) electrons. The molecule has 0 saturated heterocycles. The molecule has 4 aromatic rings. The first kappa shape index (κ1) is 22.1. The topological polar surface area (TPSA) is 84.8 Å². The average molecular weight is 471 g/mol. The number of sulfonamides is 1. The SMILES string of the molecule is CCc1cc(-c2ccc(NS(=O)(=O)c3cccc(C)c3Cl)nc2C)cc2cnc(F)nc12. The van der Waals surface area contributed by atoms with Gasteiger partial charge in [-0.15, -0.1) is 0 Å². The Morgan fingerprint density at radius 1 is 1.09 bits per heavy atom. The molecule has 6 nitrogen and oxygen atoms in total. The summed E-state index contributed by atoms with van der Waals surface area (Å²) in [5.41, 5.74) is 4.45. The molecule has 0 aliphatic heterocycles. The molecular weight excluding hydrogens is 451 g/mol. The van der Waals surface area contributed by atoms with E-state index in [9.17, 15) is 12.8 Å². The summed E-state index contributed by atoms with van der Waals surface area (Å²) in [5, 5.41) is 0.897. The normalized spacial score (nSPS) is 11.7. The number of halogens is 2. The molecule has 0 aliphatic rings. The maximum atomic E-state index is 13.5. The standard InChI is InChI=1S/C23H20ClFN4O2S/c1-4-15-10-16(11-17-12-26-23(25)28-22(15)17)18-8-9-20(27-14(18)3)29-32(30,31)19-7-5-6-13(2)21(19)24/h5-12H,4H2,1-3H3,(H,27,29). The Bertz CT molecular complexity index is 1460. The molecule has 1 N–H and O–H groups in total. The van der Waals surface area contributed by atoms with Crippen molar-refractivity contribution in [3.05, 3.63) is 76.6 Å². The Morgan fingerprint density at radius 3 is 2.59 bits per heavy atom. The van der Waals surface area contributed by atoms with Crippen molar-refractivity contribution in [1.29, 1.82) is 0 Å². The Balaban J connectivity index is 1.71. The number of pyridine rings is 1. The van der Waals surface area contributed by atoms with Gasteiger partial charge in [0.15, 0.2) is 0 Å². The number of nitrogens with zero attached hydrogens (tertiary/aromatic N) is 3. The van der Waals surface area contributed by atoms with Crippen LogP contribution in [0.3, 0.4) is 0 Å². The van der Waals surface area contributed by atoms with Crippen LogP contribution < -0.4 is 4.72 Å². The van der Waals surface area contributed by atoms with Crippen LogP contribution in [0.25, 0.3) is 22.0 Å². The average Bonchev–Trinajstić information content (AvgIpc) is 2.74. The molecule has 0 saturated carbocycles. The van der Waals surface area contributed by atoms with E-state index in [4.69, 9.17) is 11.6 Å². The number of hydrogen-bond donors (Lipinski definition) is 1. The molecule has 9 heteroatoms. The van der Waals surface area contributed by atoms with Crippen molar-refractivity contribution in [3.63, 3.8) is 0 Å². The van der Waals surface area contributed by atoms with Gasteiger partial charge in [0, 0.05) is 22.8 Å². The second kappa shape index (κ2) is 8.44. The zero-order valence-electron chi connectivity index (χ0n) is 17.6. The monoisotopic (exact) mass is 470 g/mol. The summed E-state index contributed by atoms with van der Waals surface area (Å²) >= 11 is 6.19. The Morgan fingerprint density at radius 2 is 1.88 bits per heavy atom. The van der Waals surface area contributed by atoms with Gasteiger partial charge in [-0.25, -0.2) is 23.4 Å². The molecule has 0 bridgehead atoms. The van der Waals surface area contributed by atoms with Crippen molar-refractivity contribution in [2.24, 2.45) is 0 Å². The highest BCUT2D eigenvalue weighted by Gasteiger charge is 2.20. The van der Waals surface area contributed by atoms with Gasteiger partial charge in [-0.2, -0.15) is 4.39 Å². The molecular formula is C23H20ClFN4O2S. The Labute approximate surface area is 190 Å². The Kier molecular flexibility index (Phi) is 5.83. The molecule has 0 amide bonds. The van der Waals surface area contributed by atoms with Crippen LogP contribution in [0, 0.1) is 19.9 Å². The summed E-state index contributed by atoms with van der Waals surface area (Å²) in [5.74, 6) is 0.186. The predicted octanol–water partition coefficient (Wildman–Crippen LogP) is 5.46. The number of benzene rings is 2. The van der Waals surface area contributed by atoms with Gasteiger partial charge in [0.2, 0.25) is 0 Å². The van der Waals surface area contributed by atoms with Crippen molar-refractivity contribution in [3.8, 4) is 11.1 Å². The molecule has 2 heterocycles. The zero-order chi connectivity index (χ0) is 23.0. The van der Waals surface area contributed by atoms with E-state index in [2.05, 4.69) is 19.7 Å². The van der Waals surface area contributed by atoms with E-state index in [-0.39, 0.29) is 15.7 Å². The molecule has 0 aliphatic carbocycles. The van der Waals surface area contributed by atoms with Gasteiger partial charge in [0.25, 0.3) is 10.0 Å². The summed E-state index contributed by atoms with van der Waals surface area (Å²) in [4.78, 5) is 12.0. The van der Waals surface area contributed by atoms with Crippen molar-refractivity contribution in [2.75, 3.05) is 4.72 Å². The summed E-state index contributed by atoms with van der Waals surface area (Å²) < 4.78 is 41.6. The van der Waals surface area contributed by atoms with Crippen LogP contribution in [0.2, 0.25) is 5.02 Å². The second-order valence-electron chi connectivity index (χ2n) is 7.39. The Hall–Kier alpha value is -3.10. The number of fused-ring (bicyclic) bond motifs is 1. The summed E-state index contributed by atoms with van der Waals surface area (Å²) in [7, 11) is -3.90. The van der Waals surface area contributed by atoms with E-state index in [1.807, 2.05) is 19.1 Å². The van der Waals surface area contributed by atoms with Crippen LogP contribution in [0.4, 0.5) is 10.2 Å². The van der Waals surface area contributed by atoms with Crippen LogP contribution in [0.15, 0.2) is 53.6 Å². The minimum absolute atomic E-state index is 0.00274. The highest BCUT2D eigenvalue weighted by atomic mass is 35.5. The minimum Gasteiger partial charge on any atom is -0.263 e. The van der Waals surface area contributed by atoms with Gasteiger partial charge in [0.05, 0.1) is 10.5 Å². The van der Waals surface area contributed by atoms with Gasteiger partial charge in [0.1, 0.15) is 10.7 Å². The highest BCUT2D eigenvalue weighted by Crippen LogP contribution is 2.31. The van der Waals surface area contributed by atoms with Crippen LogP contribution in [-0.4, -0.2) is 23.4 Å². The molecule has 32 heavy (non-hydrogen) atoms. The number of anilines is 1. The number of aryl methyl sites for hydroxylation is 3. The van der Waals surface area contributed by atoms with Crippen LogP contribution in [0.5, 0.6) is 0 Å². The molecule has 2 aromatic carbocycles. The minimum atomic E-state index is -3.90. The molecule has 0 atom stereocenters. The van der Waals surface area contributed by atoms with Gasteiger partial charge in [-0.1, -0.05) is 30.7 Å². The maximum absolute atomic E-state index is 13.5. The van der Waals surface area contributed by atoms with Crippen molar-refractivity contribution < 1.29 is 12.8 Å². The van der Waals surface area contributed by atoms with Gasteiger partial charge < -0.3 is 0 Å². The third kappa shape index (κ3) is 4.16.